The fraction of sp³-hybridized carbons (Fsp3) is 0.294. The molecule has 0 saturated heterocycles. The zero-order valence-electron chi connectivity index (χ0n) is 24.2. The molecule has 0 bridgehead atoms. The zero-order valence-corrected chi connectivity index (χ0v) is 25.1. The van der Waals surface area contributed by atoms with Gasteiger partial charge in [0.25, 0.3) is 0 Å². The summed E-state index contributed by atoms with van der Waals surface area (Å²) in [5, 5.41) is 0. The SMILES string of the molecule is C/C=C\C.C=C(C)C.CC.COc1cc(SN2CC=C(c3ccccc3)CC2)ccc1Oc1ccccc1. The first kappa shape index (κ1) is 32.8. The lowest BCUT2D eigenvalue weighted by Crippen LogP contribution is -2.21. The summed E-state index contributed by atoms with van der Waals surface area (Å²) in [4.78, 5) is 1.15. The van der Waals surface area contributed by atoms with Gasteiger partial charge in [0.1, 0.15) is 5.75 Å². The monoisotopic (exact) mass is 531 g/mol. The van der Waals surface area contributed by atoms with E-state index in [1.807, 2.05) is 96.2 Å². The van der Waals surface area contributed by atoms with Gasteiger partial charge in [-0.05, 0) is 87.5 Å². The van der Waals surface area contributed by atoms with Crippen molar-refractivity contribution in [3.63, 3.8) is 0 Å². The summed E-state index contributed by atoms with van der Waals surface area (Å²) in [6, 6.07) is 26.5. The van der Waals surface area contributed by atoms with Crippen LogP contribution in [-0.4, -0.2) is 24.5 Å². The van der Waals surface area contributed by atoms with Gasteiger partial charge >= 0.3 is 0 Å². The highest BCUT2D eigenvalue weighted by Gasteiger charge is 2.15. The molecule has 1 heterocycles. The standard InChI is InChI=1S/C24H23NO2S.2C4H8.C2H6/c1-26-24-18-22(12-13-23(24)27-21-10-6-3-7-11-21)28-25-16-14-20(15-17-25)19-8-4-2-5-9-19;1-4(2)3;1-3-4-2;1-2/h2-14,18H,15-17H2,1H3;1H2,2-3H3;3-4H,1-2H3;1-2H3/b;;4-3-;. The van der Waals surface area contributed by atoms with Gasteiger partial charge in [-0.1, -0.05) is 86.2 Å². The molecule has 0 radical (unpaired) electrons. The highest BCUT2D eigenvalue weighted by atomic mass is 32.2. The van der Waals surface area contributed by atoms with Crippen molar-refractivity contribution in [1.82, 2.24) is 4.31 Å². The van der Waals surface area contributed by atoms with E-state index in [4.69, 9.17) is 9.47 Å². The van der Waals surface area contributed by atoms with E-state index < -0.39 is 0 Å². The molecular weight excluding hydrogens is 486 g/mol. The van der Waals surface area contributed by atoms with Crippen LogP contribution in [0.1, 0.15) is 53.5 Å². The van der Waals surface area contributed by atoms with Crippen molar-refractivity contribution in [2.24, 2.45) is 0 Å². The van der Waals surface area contributed by atoms with Gasteiger partial charge in [0.15, 0.2) is 11.5 Å². The number of rotatable bonds is 6. The summed E-state index contributed by atoms with van der Waals surface area (Å²) in [5.41, 5.74) is 3.93. The molecule has 0 saturated carbocycles. The van der Waals surface area contributed by atoms with Gasteiger partial charge in [-0.3, -0.25) is 0 Å². The molecule has 204 valence electrons. The van der Waals surface area contributed by atoms with E-state index in [0.29, 0.717) is 0 Å². The molecule has 0 aromatic heterocycles. The number of allylic oxidation sites excluding steroid dienone is 3. The summed E-state index contributed by atoms with van der Waals surface area (Å²) in [6.45, 7) is 17.5. The van der Waals surface area contributed by atoms with Crippen molar-refractivity contribution in [2.75, 3.05) is 20.2 Å². The molecule has 0 spiro atoms. The molecule has 3 nitrogen and oxygen atoms in total. The third-order valence-corrected chi connectivity index (χ3v) is 6.04. The van der Waals surface area contributed by atoms with E-state index in [-0.39, 0.29) is 0 Å². The molecule has 0 N–H and O–H groups in total. The van der Waals surface area contributed by atoms with Gasteiger partial charge in [-0.25, -0.2) is 4.31 Å². The molecule has 3 aromatic rings. The van der Waals surface area contributed by atoms with Gasteiger partial charge < -0.3 is 9.47 Å². The average molecular weight is 532 g/mol. The van der Waals surface area contributed by atoms with Crippen LogP contribution in [0.4, 0.5) is 0 Å². The Morgan fingerprint density at radius 3 is 1.95 bits per heavy atom. The molecule has 1 aliphatic heterocycles. The minimum atomic E-state index is 0.725. The largest absolute Gasteiger partial charge is 0.493 e. The first-order valence-electron chi connectivity index (χ1n) is 13.2. The number of para-hydroxylation sites is 1. The van der Waals surface area contributed by atoms with Crippen LogP contribution in [0, 0.1) is 0 Å². The Balaban J connectivity index is 0.000000628. The van der Waals surface area contributed by atoms with Crippen molar-refractivity contribution in [2.45, 2.75) is 52.9 Å². The highest BCUT2D eigenvalue weighted by molar-refractivity contribution is 7.97. The van der Waals surface area contributed by atoms with Crippen molar-refractivity contribution < 1.29 is 9.47 Å². The number of nitrogens with zero attached hydrogens (tertiary/aromatic N) is 1. The quantitative estimate of drug-likeness (QED) is 0.233. The normalized spacial score (nSPS) is 12.4. The highest BCUT2D eigenvalue weighted by Crippen LogP contribution is 2.37. The molecule has 0 atom stereocenters. The van der Waals surface area contributed by atoms with E-state index in [1.54, 1.807) is 19.1 Å². The molecule has 4 heteroatoms. The van der Waals surface area contributed by atoms with Crippen LogP contribution >= 0.6 is 11.9 Å². The number of ether oxygens (including phenoxy) is 2. The van der Waals surface area contributed by atoms with Gasteiger partial charge in [0.05, 0.1) is 7.11 Å². The van der Waals surface area contributed by atoms with Crippen LogP contribution in [0.5, 0.6) is 17.2 Å². The third-order valence-electron chi connectivity index (χ3n) is 4.99. The fourth-order valence-corrected chi connectivity index (χ4v) is 4.12. The second-order valence-electron chi connectivity index (χ2n) is 8.43. The van der Waals surface area contributed by atoms with Crippen LogP contribution in [0.15, 0.2) is 114 Å². The number of methoxy groups -OCH3 is 1. The lowest BCUT2D eigenvalue weighted by Gasteiger charge is -2.25. The molecular formula is C34H45NO2S. The van der Waals surface area contributed by atoms with Crippen LogP contribution < -0.4 is 9.47 Å². The third kappa shape index (κ3) is 12.8. The summed E-state index contributed by atoms with van der Waals surface area (Å²) >= 11 is 1.76. The second-order valence-corrected chi connectivity index (χ2v) is 9.60. The maximum Gasteiger partial charge on any atom is 0.169 e. The van der Waals surface area contributed by atoms with Gasteiger partial charge in [0, 0.05) is 18.0 Å². The predicted octanol–water partition coefficient (Wildman–Crippen LogP) is 10.5. The molecule has 38 heavy (non-hydrogen) atoms. The van der Waals surface area contributed by atoms with E-state index in [9.17, 15) is 0 Å². The first-order valence-corrected chi connectivity index (χ1v) is 14.0. The van der Waals surface area contributed by atoms with Gasteiger partial charge in [-0.15, -0.1) is 6.58 Å². The Bertz CT molecular complexity index is 1100. The molecule has 0 amide bonds. The van der Waals surface area contributed by atoms with Crippen LogP contribution in [0.2, 0.25) is 0 Å². The molecule has 4 rings (SSSR count). The first-order chi connectivity index (χ1) is 18.5. The lowest BCUT2D eigenvalue weighted by atomic mass is 10.0. The predicted molar refractivity (Wildman–Crippen MR) is 168 cm³/mol. The van der Waals surface area contributed by atoms with E-state index in [2.05, 4.69) is 53.4 Å². The van der Waals surface area contributed by atoms with Crippen LogP contribution in [0.25, 0.3) is 5.57 Å². The Hall–Kier alpha value is -3.21. The van der Waals surface area contributed by atoms with Crippen LogP contribution in [0.3, 0.4) is 0 Å². The average Bonchev–Trinajstić information content (AvgIpc) is 2.96. The van der Waals surface area contributed by atoms with E-state index in [1.165, 1.54) is 16.7 Å². The second kappa shape index (κ2) is 19.8. The molecule has 0 aliphatic carbocycles. The molecule has 0 fully saturated rings. The van der Waals surface area contributed by atoms with Crippen molar-refractivity contribution in [1.29, 1.82) is 0 Å². The Labute approximate surface area is 236 Å². The van der Waals surface area contributed by atoms with Gasteiger partial charge in [-0.2, -0.15) is 0 Å². The lowest BCUT2D eigenvalue weighted by molar-refractivity contribution is 0.377. The summed E-state index contributed by atoms with van der Waals surface area (Å²) in [5.74, 6) is 2.27. The Kier molecular flexibility index (Phi) is 17.1. The maximum absolute atomic E-state index is 5.95. The minimum absolute atomic E-state index is 0.725. The van der Waals surface area contributed by atoms with Crippen LogP contribution in [-0.2, 0) is 0 Å². The summed E-state index contributed by atoms with van der Waals surface area (Å²) in [6.07, 6.45) is 7.39. The van der Waals surface area contributed by atoms with Crippen molar-refractivity contribution in [3.05, 3.63) is 115 Å². The molecule has 0 unspecified atom stereocenters. The van der Waals surface area contributed by atoms with Gasteiger partial charge in [0.2, 0.25) is 0 Å². The minimum Gasteiger partial charge on any atom is -0.493 e. The van der Waals surface area contributed by atoms with E-state index in [0.717, 1.165) is 41.7 Å². The molecule has 1 aliphatic rings. The summed E-state index contributed by atoms with van der Waals surface area (Å²) in [7, 11) is 1.68. The van der Waals surface area contributed by atoms with E-state index >= 15 is 0 Å². The zero-order chi connectivity index (χ0) is 28.2. The smallest absolute Gasteiger partial charge is 0.169 e. The fourth-order valence-electron chi connectivity index (χ4n) is 3.20. The Morgan fingerprint density at radius 2 is 1.45 bits per heavy atom. The topological polar surface area (TPSA) is 21.7 Å². The Morgan fingerprint density at radius 1 is 0.868 bits per heavy atom. The summed E-state index contributed by atoms with van der Waals surface area (Å²) < 4.78 is 13.9. The van der Waals surface area contributed by atoms with Crippen molar-refractivity contribution in [3.8, 4) is 17.2 Å². The number of hydrogen-bond donors (Lipinski definition) is 0. The van der Waals surface area contributed by atoms with Crippen molar-refractivity contribution >= 4 is 17.5 Å². The number of benzene rings is 3. The maximum atomic E-state index is 5.95. The molecule has 3 aromatic carbocycles. The number of hydrogen-bond acceptors (Lipinski definition) is 4.